The molecule has 0 aliphatic heterocycles. The minimum atomic E-state index is 0.276. The third-order valence-electron chi connectivity index (χ3n) is 1.67. The first-order valence-electron chi connectivity index (χ1n) is 3.37. The second-order valence-electron chi connectivity index (χ2n) is 2.53. The van der Waals surface area contributed by atoms with Crippen molar-refractivity contribution in [3.05, 3.63) is 17.5 Å². The van der Waals surface area contributed by atoms with Gasteiger partial charge in [0.1, 0.15) is 5.75 Å². The average molecular weight is 197 g/mol. The summed E-state index contributed by atoms with van der Waals surface area (Å²) in [4.78, 5) is 0.772. The van der Waals surface area contributed by atoms with Gasteiger partial charge in [0.2, 0.25) is 0 Å². The van der Waals surface area contributed by atoms with E-state index in [2.05, 4.69) is 12.6 Å². The largest absolute Gasteiger partial charge is 0.506 e. The van der Waals surface area contributed by atoms with Crippen molar-refractivity contribution in [2.45, 2.75) is 4.90 Å². The predicted molar refractivity (Wildman–Crippen MR) is 55.2 cm³/mol. The number of thiophene rings is 1. The third-order valence-corrected chi connectivity index (χ3v) is 2.96. The van der Waals surface area contributed by atoms with Gasteiger partial charge in [0.15, 0.2) is 0 Å². The maximum absolute atomic E-state index is 9.38. The van der Waals surface area contributed by atoms with Crippen LogP contribution in [0.4, 0.5) is 5.69 Å². The van der Waals surface area contributed by atoms with E-state index in [-0.39, 0.29) is 5.75 Å². The molecule has 0 atom stereocenters. The van der Waals surface area contributed by atoms with Crippen LogP contribution in [0.2, 0.25) is 0 Å². The molecule has 0 fully saturated rings. The highest BCUT2D eigenvalue weighted by Gasteiger charge is 2.05. The van der Waals surface area contributed by atoms with Crippen molar-refractivity contribution in [1.82, 2.24) is 0 Å². The van der Waals surface area contributed by atoms with Crippen molar-refractivity contribution in [2.75, 3.05) is 5.73 Å². The predicted octanol–water partition coefficient (Wildman–Crippen LogP) is 2.48. The Morgan fingerprint density at radius 2 is 2.17 bits per heavy atom. The summed E-state index contributed by atoms with van der Waals surface area (Å²) in [5.74, 6) is 0.276. The van der Waals surface area contributed by atoms with Crippen LogP contribution in [0.15, 0.2) is 22.4 Å². The quantitative estimate of drug-likeness (QED) is 0.449. The summed E-state index contributed by atoms with van der Waals surface area (Å²) < 4.78 is 0.922. The number of thiol groups is 1. The van der Waals surface area contributed by atoms with Gasteiger partial charge in [-0.1, -0.05) is 0 Å². The van der Waals surface area contributed by atoms with Gasteiger partial charge in [-0.25, -0.2) is 0 Å². The number of hydrogen-bond donors (Lipinski definition) is 3. The number of rotatable bonds is 0. The molecule has 4 heteroatoms. The van der Waals surface area contributed by atoms with Crippen molar-refractivity contribution >= 4 is 39.7 Å². The van der Waals surface area contributed by atoms with E-state index < -0.39 is 0 Å². The van der Waals surface area contributed by atoms with Gasteiger partial charge < -0.3 is 10.8 Å². The maximum atomic E-state index is 9.38. The minimum absolute atomic E-state index is 0.276. The Balaban J connectivity index is 2.92. The van der Waals surface area contributed by atoms with Crippen LogP contribution in [0.1, 0.15) is 0 Å². The first-order chi connectivity index (χ1) is 5.68. The molecular formula is C8H7NOS2. The van der Waals surface area contributed by atoms with Crippen LogP contribution >= 0.6 is 24.0 Å². The van der Waals surface area contributed by atoms with Crippen LogP contribution < -0.4 is 5.73 Å². The van der Waals surface area contributed by atoms with Gasteiger partial charge in [-0.3, -0.25) is 0 Å². The Morgan fingerprint density at radius 1 is 1.42 bits per heavy atom. The molecule has 3 N–H and O–H groups in total. The number of anilines is 1. The van der Waals surface area contributed by atoms with Gasteiger partial charge in [0.25, 0.3) is 0 Å². The molecule has 0 amide bonds. The molecule has 1 heterocycles. The molecule has 0 aliphatic carbocycles. The topological polar surface area (TPSA) is 46.2 Å². The van der Waals surface area contributed by atoms with E-state index in [0.717, 1.165) is 15.0 Å². The van der Waals surface area contributed by atoms with Gasteiger partial charge in [-0.2, -0.15) is 0 Å². The highest BCUT2D eigenvalue weighted by molar-refractivity contribution is 7.80. The minimum Gasteiger partial charge on any atom is -0.506 e. The van der Waals surface area contributed by atoms with E-state index in [9.17, 15) is 5.11 Å². The zero-order valence-corrected chi connectivity index (χ0v) is 7.82. The van der Waals surface area contributed by atoms with Gasteiger partial charge in [0, 0.05) is 15.7 Å². The molecule has 0 unspecified atom stereocenters. The summed E-state index contributed by atoms with van der Waals surface area (Å²) in [5.41, 5.74) is 6.39. The molecule has 12 heavy (non-hydrogen) atoms. The van der Waals surface area contributed by atoms with Crippen molar-refractivity contribution in [3.63, 3.8) is 0 Å². The van der Waals surface area contributed by atoms with Gasteiger partial charge in [-0.05, 0) is 12.1 Å². The highest BCUT2D eigenvalue weighted by atomic mass is 32.1. The Hall–Kier alpha value is -0.870. The highest BCUT2D eigenvalue weighted by Crippen LogP contribution is 2.36. The second-order valence-corrected chi connectivity index (χ2v) is 3.93. The molecule has 0 spiro atoms. The molecule has 2 aromatic rings. The second kappa shape index (κ2) is 2.57. The monoisotopic (exact) mass is 197 g/mol. The summed E-state index contributed by atoms with van der Waals surface area (Å²) in [5, 5.41) is 11.8. The molecule has 62 valence electrons. The summed E-state index contributed by atoms with van der Waals surface area (Å²) in [6.45, 7) is 0. The van der Waals surface area contributed by atoms with E-state index in [1.807, 2.05) is 0 Å². The number of aromatic hydroxyl groups is 1. The van der Waals surface area contributed by atoms with E-state index in [1.165, 1.54) is 11.3 Å². The Morgan fingerprint density at radius 3 is 2.92 bits per heavy atom. The van der Waals surface area contributed by atoms with Crippen molar-refractivity contribution in [3.8, 4) is 5.75 Å². The summed E-state index contributed by atoms with van der Waals surface area (Å²) in [6.07, 6.45) is 0. The molecule has 1 aromatic heterocycles. The fourth-order valence-electron chi connectivity index (χ4n) is 1.14. The molecule has 1 aromatic carbocycles. The maximum Gasteiger partial charge on any atom is 0.134 e. The van der Waals surface area contributed by atoms with Crippen LogP contribution in [0, 0.1) is 0 Å². The number of nitrogen functional groups attached to an aromatic ring is 1. The smallest absolute Gasteiger partial charge is 0.134 e. The van der Waals surface area contributed by atoms with E-state index in [0.29, 0.717) is 5.69 Å². The lowest BCUT2D eigenvalue weighted by atomic mass is 10.2. The molecule has 0 saturated heterocycles. The summed E-state index contributed by atoms with van der Waals surface area (Å²) in [7, 11) is 0. The van der Waals surface area contributed by atoms with E-state index in [4.69, 9.17) is 5.73 Å². The molecule has 2 nitrogen and oxygen atoms in total. The first kappa shape index (κ1) is 7.76. The average Bonchev–Trinajstić information content (AvgIpc) is 2.33. The number of hydrogen-bond acceptors (Lipinski definition) is 4. The van der Waals surface area contributed by atoms with Crippen LogP contribution in [-0.4, -0.2) is 5.11 Å². The summed E-state index contributed by atoms with van der Waals surface area (Å²) in [6, 6.07) is 3.59. The molecule has 0 saturated carbocycles. The SMILES string of the molecule is Nc1cc(S)cc2c(O)csc12. The molecule has 0 aliphatic rings. The van der Waals surface area contributed by atoms with Crippen LogP contribution in [-0.2, 0) is 0 Å². The molecule has 0 radical (unpaired) electrons. The number of fused-ring (bicyclic) bond motifs is 1. The van der Waals surface area contributed by atoms with Crippen molar-refractivity contribution in [2.24, 2.45) is 0 Å². The zero-order valence-electron chi connectivity index (χ0n) is 6.11. The van der Waals surface area contributed by atoms with Crippen molar-refractivity contribution in [1.29, 1.82) is 0 Å². The standard InChI is InChI=1S/C8H7NOS2/c9-6-2-4(11)1-5-7(10)3-12-8(5)6/h1-3,10-11H,9H2. The number of nitrogens with two attached hydrogens (primary N) is 1. The number of benzene rings is 1. The Kier molecular flexibility index (Phi) is 1.66. The third kappa shape index (κ3) is 1.04. The lowest BCUT2D eigenvalue weighted by Gasteiger charge is -1.97. The molecular weight excluding hydrogens is 190 g/mol. The summed E-state index contributed by atoms with van der Waals surface area (Å²) >= 11 is 5.61. The first-order valence-corrected chi connectivity index (χ1v) is 4.70. The van der Waals surface area contributed by atoms with Crippen molar-refractivity contribution < 1.29 is 5.11 Å². The van der Waals surface area contributed by atoms with E-state index >= 15 is 0 Å². The van der Waals surface area contributed by atoms with Crippen LogP contribution in [0.25, 0.3) is 10.1 Å². The van der Waals surface area contributed by atoms with Crippen LogP contribution in [0.5, 0.6) is 5.75 Å². The fraction of sp³-hybridized carbons (Fsp3) is 0. The zero-order chi connectivity index (χ0) is 8.72. The fourth-order valence-corrected chi connectivity index (χ4v) is 2.25. The lowest BCUT2D eigenvalue weighted by Crippen LogP contribution is -1.83. The van der Waals surface area contributed by atoms with Gasteiger partial charge in [0.05, 0.1) is 10.4 Å². The Bertz CT molecular complexity index is 436. The Labute approximate surface area is 79.0 Å². The molecule has 2 rings (SSSR count). The van der Waals surface area contributed by atoms with Gasteiger partial charge in [-0.15, -0.1) is 24.0 Å². The molecule has 0 bridgehead atoms. The normalized spacial score (nSPS) is 10.8. The van der Waals surface area contributed by atoms with E-state index in [1.54, 1.807) is 17.5 Å². The van der Waals surface area contributed by atoms with Gasteiger partial charge >= 0.3 is 0 Å². The van der Waals surface area contributed by atoms with Crippen LogP contribution in [0.3, 0.4) is 0 Å². The lowest BCUT2D eigenvalue weighted by molar-refractivity contribution is 0.483.